The number of Topliss-reactive ketones (excluding diaryl/α,β-unsaturated/α-hetero) is 1. The molecule has 3 aliphatic rings. The number of carbonyl (C=O) groups is 1. The van der Waals surface area contributed by atoms with Crippen LogP contribution in [0.25, 0.3) is 0 Å². The average Bonchev–Trinajstić information content (AvgIpc) is 3.26. The molecule has 2 bridgehead atoms. The van der Waals surface area contributed by atoms with Gasteiger partial charge in [0.05, 0.1) is 0 Å². The maximum atomic E-state index is 14.2. The Balaban J connectivity index is 1.45. The van der Waals surface area contributed by atoms with Crippen molar-refractivity contribution < 1.29 is 35.5 Å². The molecule has 2 aromatic rings. The highest BCUT2D eigenvalue weighted by molar-refractivity contribution is 6.31. The zero-order valence-corrected chi connectivity index (χ0v) is 17.2. The lowest BCUT2D eigenvalue weighted by Crippen LogP contribution is -2.31. The fraction of sp³-hybridized carbons (Fsp3) is 0.435. The van der Waals surface area contributed by atoms with Crippen molar-refractivity contribution in [1.82, 2.24) is 0 Å². The average molecular weight is 477 g/mol. The zero-order chi connectivity index (χ0) is 23.1. The molecule has 5 rings (SSSR count). The minimum absolute atomic E-state index is 0.277. The molecule has 0 aliphatic heterocycles. The number of rotatable bonds is 4. The number of benzene rings is 2. The highest BCUT2D eigenvalue weighted by Crippen LogP contribution is 2.68. The summed E-state index contributed by atoms with van der Waals surface area (Å²) in [6.45, 7) is 0. The quantitative estimate of drug-likeness (QED) is 0.347. The van der Waals surface area contributed by atoms with Gasteiger partial charge in [-0.25, -0.2) is 17.6 Å². The number of hydrogen-bond donors (Lipinski definition) is 0. The first-order chi connectivity index (χ1) is 15.0. The van der Waals surface area contributed by atoms with Crippen LogP contribution in [0.5, 0.6) is 0 Å². The van der Waals surface area contributed by atoms with Gasteiger partial charge in [0.25, 0.3) is 0 Å². The van der Waals surface area contributed by atoms with Crippen molar-refractivity contribution in [1.29, 1.82) is 0 Å². The molecule has 0 N–H and O–H groups in total. The van der Waals surface area contributed by atoms with Gasteiger partial charge < -0.3 is 0 Å². The second-order valence-corrected chi connectivity index (χ2v) is 9.32. The molecule has 0 spiro atoms. The van der Waals surface area contributed by atoms with E-state index in [9.17, 15) is 35.5 Å². The zero-order valence-electron chi connectivity index (χ0n) is 16.4. The summed E-state index contributed by atoms with van der Waals surface area (Å²) in [5, 5.41) is 0.309. The Hall–Kier alpha value is -2.09. The third-order valence-corrected chi connectivity index (χ3v) is 7.68. The number of halogens is 8. The molecule has 0 amide bonds. The van der Waals surface area contributed by atoms with E-state index in [1.807, 2.05) is 6.07 Å². The van der Waals surface area contributed by atoms with E-state index in [-0.39, 0.29) is 12.3 Å². The lowest BCUT2D eigenvalue weighted by molar-refractivity contribution is -0.143. The van der Waals surface area contributed by atoms with E-state index < -0.39 is 52.8 Å². The maximum Gasteiger partial charge on any atom is 0.422 e. The smallest absolute Gasteiger partial charge is 0.299 e. The first-order valence-corrected chi connectivity index (χ1v) is 10.6. The molecule has 2 aromatic carbocycles. The standard InChI is InChI=1S/C23H16ClF7O/c24-14-4-3-11-15-8-1-2-9(5-8)16(15)17(11)12(14)6-10(32)7-13-19(25)21(27)18(23(29,30)31)22(28)20(13)26/h3-4,8-9,15-16H,1-2,5-7H2. The first kappa shape index (κ1) is 21.7. The highest BCUT2D eigenvalue weighted by atomic mass is 35.5. The van der Waals surface area contributed by atoms with Crippen LogP contribution in [0.1, 0.15) is 58.9 Å². The number of hydrogen-bond acceptors (Lipinski definition) is 1. The Morgan fingerprint density at radius 3 is 2.03 bits per heavy atom. The van der Waals surface area contributed by atoms with Gasteiger partial charge in [-0.15, -0.1) is 0 Å². The van der Waals surface area contributed by atoms with Crippen molar-refractivity contribution in [3.8, 4) is 0 Å². The summed E-state index contributed by atoms with van der Waals surface area (Å²) in [7, 11) is 0. The maximum absolute atomic E-state index is 14.2. The molecule has 2 fully saturated rings. The molecule has 1 nitrogen and oxygen atoms in total. The largest absolute Gasteiger partial charge is 0.422 e. The van der Waals surface area contributed by atoms with E-state index in [2.05, 4.69) is 0 Å². The molecule has 32 heavy (non-hydrogen) atoms. The Kier molecular flexibility index (Phi) is 4.89. The molecule has 4 unspecified atom stereocenters. The van der Waals surface area contributed by atoms with Crippen molar-refractivity contribution in [2.75, 3.05) is 0 Å². The number of fused-ring (bicyclic) bond motifs is 8. The molecule has 9 heteroatoms. The molecule has 2 saturated carbocycles. The topological polar surface area (TPSA) is 17.1 Å². The van der Waals surface area contributed by atoms with Gasteiger partial charge >= 0.3 is 6.18 Å². The Labute approximate surface area is 183 Å². The fourth-order valence-corrected chi connectivity index (χ4v) is 6.35. The predicted octanol–water partition coefficient (Wildman–Crippen LogP) is 6.88. The second kappa shape index (κ2) is 7.20. The van der Waals surface area contributed by atoms with Crippen LogP contribution in [-0.2, 0) is 23.8 Å². The summed E-state index contributed by atoms with van der Waals surface area (Å²) in [6.07, 6.45) is -3.70. The van der Waals surface area contributed by atoms with Crippen LogP contribution in [0.15, 0.2) is 12.1 Å². The normalized spacial score (nSPS) is 25.5. The van der Waals surface area contributed by atoms with Gasteiger partial charge in [-0.05, 0) is 65.7 Å². The number of carbonyl (C=O) groups excluding carboxylic acids is 1. The van der Waals surface area contributed by atoms with Gasteiger partial charge in [-0.1, -0.05) is 17.7 Å². The molecule has 3 aliphatic carbocycles. The lowest BCUT2D eigenvalue weighted by atomic mass is 9.60. The van der Waals surface area contributed by atoms with Crippen molar-refractivity contribution in [2.45, 2.75) is 50.1 Å². The molecular formula is C23H16ClF7O. The van der Waals surface area contributed by atoms with Crippen LogP contribution in [0.3, 0.4) is 0 Å². The van der Waals surface area contributed by atoms with E-state index in [0.717, 1.165) is 30.4 Å². The van der Waals surface area contributed by atoms with Crippen LogP contribution in [0.4, 0.5) is 30.7 Å². The predicted molar refractivity (Wildman–Crippen MR) is 101 cm³/mol. The summed E-state index contributed by atoms with van der Waals surface area (Å²) in [6, 6.07) is 3.58. The number of ketones is 1. The SMILES string of the molecule is O=C(Cc1c(F)c(F)c(C(F)(F)F)c(F)c1F)Cc1c(Cl)ccc2c1C1C3CCC(C3)C21. The van der Waals surface area contributed by atoms with Gasteiger partial charge in [-0.3, -0.25) is 4.79 Å². The molecule has 4 atom stereocenters. The van der Waals surface area contributed by atoms with E-state index in [0.29, 0.717) is 28.3 Å². The summed E-state index contributed by atoms with van der Waals surface area (Å²) in [5.41, 5.74) is -1.41. The molecule has 0 aromatic heterocycles. The Morgan fingerprint density at radius 1 is 0.875 bits per heavy atom. The highest BCUT2D eigenvalue weighted by Gasteiger charge is 2.56. The first-order valence-electron chi connectivity index (χ1n) is 10.3. The fourth-order valence-electron chi connectivity index (χ4n) is 6.12. The summed E-state index contributed by atoms with van der Waals surface area (Å²) >= 11 is 6.31. The lowest BCUT2D eigenvalue weighted by Gasteiger charge is -2.44. The molecule has 0 saturated heterocycles. The van der Waals surface area contributed by atoms with E-state index in [4.69, 9.17) is 11.6 Å². The third-order valence-electron chi connectivity index (χ3n) is 7.33. The summed E-state index contributed by atoms with van der Waals surface area (Å²) < 4.78 is 94.4. The third kappa shape index (κ3) is 3.01. The van der Waals surface area contributed by atoms with Gasteiger partial charge in [-0.2, -0.15) is 13.2 Å². The van der Waals surface area contributed by atoms with Gasteiger partial charge in [0.2, 0.25) is 0 Å². The Bertz CT molecular complexity index is 1130. The van der Waals surface area contributed by atoms with Crippen molar-refractivity contribution in [2.24, 2.45) is 11.8 Å². The van der Waals surface area contributed by atoms with E-state index >= 15 is 0 Å². The van der Waals surface area contributed by atoms with Crippen molar-refractivity contribution in [3.05, 3.63) is 68.2 Å². The minimum atomic E-state index is -5.63. The number of alkyl halides is 3. The second-order valence-electron chi connectivity index (χ2n) is 8.91. The minimum Gasteiger partial charge on any atom is -0.299 e. The molecule has 0 heterocycles. The van der Waals surface area contributed by atoms with Crippen molar-refractivity contribution in [3.63, 3.8) is 0 Å². The van der Waals surface area contributed by atoms with Crippen LogP contribution in [0, 0.1) is 35.1 Å². The van der Waals surface area contributed by atoms with Crippen LogP contribution < -0.4 is 0 Å². The molecule has 0 radical (unpaired) electrons. The van der Waals surface area contributed by atoms with Crippen molar-refractivity contribution >= 4 is 17.4 Å². The summed E-state index contributed by atoms with van der Waals surface area (Å²) in [5.74, 6) is -8.57. The molecule has 170 valence electrons. The van der Waals surface area contributed by atoms with E-state index in [1.165, 1.54) is 0 Å². The Morgan fingerprint density at radius 2 is 1.44 bits per heavy atom. The van der Waals surface area contributed by atoms with Gasteiger partial charge in [0, 0.05) is 23.4 Å². The van der Waals surface area contributed by atoms with Gasteiger partial charge in [0.15, 0.2) is 23.3 Å². The molecular weight excluding hydrogens is 461 g/mol. The van der Waals surface area contributed by atoms with Crippen LogP contribution in [0.2, 0.25) is 5.02 Å². The van der Waals surface area contributed by atoms with Crippen LogP contribution >= 0.6 is 11.6 Å². The van der Waals surface area contributed by atoms with Crippen LogP contribution in [-0.4, -0.2) is 5.78 Å². The van der Waals surface area contributed by atoms with Gasteiger partial charge in [0.1, 0.15) is 11.3 Å². The summed E-state index contributed by atoms with van der Waals surface area (Å²) in [4.78, 5) is 12.6. The monoisotopic (exact) mass is 476 g/mol. The van der Waals surface area contributed by atoms with E-state index in [1.54, 1.807) is 6.07 Å².